The van der Waals surface area contributed by atoms with E-state index in [-0.39, 0.29) is 11.6 Å². The minimum absolute atomic E-state index is 0.226. The van der Waals surface area contributed by atoms with Crippen LogP contribution >= 0.6 is 0 Å². The molecule has 1 aromatic heterocycles. The lowest BCUT2D eigenvalue weighted by atomic mass is 10.1. The number of aromatic nitrogens is 2. The second kappa shape index (κ2) is 8.39. The average molecular weight is 378 g/mol. The number of benzene rings is 2. The SMILES string of the molecule is COc1ccc(OC)c(Nc2ccc(C(=O)Nc3cccc(C)c3C)nn2)c1. The van der Waals surface area contributed by atoms with Gasteiger partial charge in [-0.1, -0.05) is 12.1 Å². The smallest absolute Gasteiger partial charge is 0.276 e. The molecule has 0 aliphatic carbocycles. The van der Waals surface area contributed by atoms with Crippen LogP contribution < -0.4 is 20.1 Å². The minimum Gasteiger partial charge on any atom is -0.497 e. The molecule has 1 amide bonds. The molecule has 0 atom stereocenters. The Kier molecular flexibility index (Phi) is 5.74. The molecule has 2 aromatic carbocycles. The van der Waals surface area contributed by atoms with Crippen LogP contribution in [0.2, 0.25) is 0 Å². The predicted molar refractivity (Wildman–Crippen MR) is 109 cm³/mol. The Morgan fingerprint density at radius 1 is 0.929 bits per heavy atom. The lowest BCUT2D eigenvalue weighted by Crippen LogP contribution is -2.15. The largest absolute Gasteiger partial charge is 0.497 e. The Hall–Kier alpha value is -3.61. The van der Waals surface area contributed by atoms with Crippen LogP contribution in [-0.4, -0.2) is 30.3 Å². The highest BCUT2D eigenvalue weighted by atomic mass is 16.5. The van der Waals surface area contributed by atoms with Gasteiger partial charge in [-0.05, 0) is 55.3 Å². The van der Waals surface area contributed by atoms with Crippen molar-refractivity contribution in [1.29, 1.82) is 0 Å². The van der Waals surface area contributed by atoms with E-state index in [4.69, 9.17) is 9.47 Å². The summed E-state index contributed by atoms with van der Waals surface area (Å²) >= 11 is 0. The Balaban J connectivity index is 1.75. The summed E-state index contributed by atoms with van der Waals surface area (Å²) in [5.74, 6) is 1.49. The summed E-state index contributed by atoms with van der Waals surface area (Å²) in [6.07, 6.45) is 0. The van der Waals surface area contributed by atoms with Crippen LogP contribution in [0, 0.1) is 13.8 Å². The maximum absolute atomic E-state index is 12.5. The topological polar surface area (TPSA) is 85.4 Å². The highest BCUT2D eigenvalue weighted by molar-refractivity contribution is 6.03. The zero-order chi connectivity index (χ0) is 20.1. The molecule has 0 radical (unpaired) electrons. The van der Waals surface area contributed by atoms with E-state index < -0.39 is 0 Å². The van der Waals surface area contributed by atoms with Gasteiger partial charge in [0.1, 0.15) is 11.5 Å². The molecule has 1 heterocycles. The highest BCUT2D eigenvalue weighted by Crippen LogP contribution is 2.30. The van der Waals surface area contributed by atoms with Crippen molar-refractivity contribution < 1.29 is 14.3 Å². The summed E-state index contributed by atoms with van der Waals surface area (Å²) < 4.78 is 10.6. The monoisotopic (exact) mass is 378 g/mol. The zero-order valence-corrected chi connectivity index (χ0v) is 16.2. The minimum atomic E-state index is -0.313. The van der Waals surface area contributed by atoms with Crippen LogP contribution in [0.15, 0.2) is 48.5 Å². The second-order valence-corrected chi connectivity index (χ2v) is 6.20. The summed E-state index contributed by atoms with van der Waals surface area (Å²) in [6.45, 7) is 3.96. The number of nitrogens with zero attached hydrogens (tertiary/aromatic N) is 2. The normalized spacial score (nSPS) is 10.3. The van der Waals surface area contributed by atoms with Crippen molar-refractivity contribution in [3.8, 4) is 11.5 Å². The van der Waals surface area contributed by atoms with Crippen LogP contribution in [0.3, 0.4) is 0 Å². The van der Waals surface area contributed by atoms with E-state index in [9.17, 15) is 4.79 Å². The van der Waals surface area contributed by atoms with Crippen molar-refractivity contribution in [3.63, 3.8) is 0 Å². The van der Waals surface area contributed by atoms with Crippen LogP contribution in [0.4, 0.5) is 17.2 Å². The van der Waals surface area contributed by atoms with Crippen molar-refractivity contribution in [3.05, 3.63) is 65.4 Å². The van der Waals surface area contributed by atoms with Crippen molar-refractivity contribution in [2.24, 2.45) is 0 Å². The van der Waals surface area contributed by atoms with Gasteiger partial charge in [-0.3, -0.25) is 4.79 Å². The number of rotatable bonds is 6. The molecule has 144 valence electrons. The lowest BCUT2D eigenvalue weighted by Gasteiger charge is -2.12. The van der Waals surface area contributed by atoms with Crippen molar-refractivity contribution in [1.82, 2.24) is 10.2 Å². The zero-order valence-electron chi connectivity index (χ0n) is 16.2. The maximum atomic E-state index is 12.5. The molecule has 0 unspecified atom stereocenters. The average Bonchev–Trinajstić information content (AvgIpc) is 2.71. The first kappa shape index (κ1) is 19.2. The molecule has 0 spiro atoms. The van der Waals surface area contributed by atoms with Crippen LogP contribution in [0.5, 0.6) is 11.5 Å². The molecule has 0 saturated heterocycles. The Bertz CT molecular complexity index is 987. The van der Waals surface area contributed by atoms with Gasteiger partial charge in [0.15, 0.2) is 11.5 Å². The van der Waals surface area contributed by atoms with Gasteiger partial charge in [0.05, 0.1) is 19.9 Å². The molecule has 7 heteroatoms. The summed E-state index contributed by atoms with van der Waals surface area (Å²) in [6, 6.07) is 14.4. The molecule has 3 rings (SSSR count). The number of hydrogen-bond donors (Lipinski definition) is 2. The molecule has 0 aliphatic heterocycles. The van der Waals surface area contributed by atoms with Gasteiger partial charge in [0.2, 0.25) is 0 Å². The first-order valence-electron chi connectivity index (χ1n) is 8.72. The predicted octanol–water partition coefficient (Wildman–Crippen LogP) is 4.11. The first-order chi connectivity index (χ1) is 13.5. The van der Waals surface area contributed by atoms with E-state index in [1.54, 1.807) is 44.6 Å². The summed E-state index contributed by atoms with van der Waals surface area (Å²) in [5.41, 5.74) is 3.80. The maximum Gasteiger partial charge on any atom is 0.276 e. The van der Waals surface area contributed by atoms with E-state index in [1.165, 1.54) is 0 Å². The van der Waals surface area contributed by atoms with E-state index in [0.29, 0.717) is 23.0 Å². The molecule has 0 saturated carbocycles. The molecular weight excluding hydrogens is 356 g/mol. The van der Waals surface area contributed by atoms with E-state index in [0.717, 1.165) is 16.8 Å². The standard InChI is InChI=1S/C21H22N4O3/c1-13-6-5-7-16(14(13)2)23-21(26)17-9-11-20(25-24-17)22-18-12-15(27-3)8-10-19(18)28-4/h5-12H,1-4H3,(H,22,25)(H,23,26). The molecule has 0 aliphatic rings. The van der Waals surface area contributed by atoms with Crippen molar-refractivity contribution in [2.45, 2.75) is 13.8 Å². The second-order valence-electron chi connectivity index (χ2n) is 6.20. The van der Waals surface area contributed by atoms with Gasteiger partial charge >= 0.3 is 0 Å². The van der Waals surface area contributed by atoms with Gasteiger partial charge < -0.3 is 20.1 Å². The van der Waals surface area contributed by atoms with Crippen LogP contribution in [-0.2, 0) is 0 Å². The Labute approximate surface area is 163 Å². The van der Waals surface area contributed by atoms with E-state index in [2.05, 4.69) is 20.8 Å². The molecular formula is C21H22N4O3. The third-order valence-corrected chi connectivity index (χ3v) is 4.42. The lowest BCUT2D eigenvalue weighted by molar-refractivity contribution is 0.102. The molecule has 0 bridgehead atoms. The van der Waals surface area contributed by atoms with Crippen molar-refractivity contribution in [2.75, 3.05) is 24.9 Å². The summed E-state index contributed by atoms with van der Waals surface area (Å²) in [7, 11) is 3.17. The first-order valence-corrected chi connectivity index (χ1v) is 8.72. The van der Waals surface area contributed by atoms with Crippen LogP contribution in [0.1, 0.15) is 21.6 Å². The van der Waals surface area contributed by atoms with Gasteiger partial charge in [0, 0.05) is 11.8 Å². The number of nitrogens with one attached hydrogen (secondary N) is 2. The van der Waals surface area contributed by atoms with Gasteiger partial charge in [-0.25, -0.2) is 0 Å². The van der Waals surface area contributed by atoms with Crippen LogP contribution in [0.25, 0.3) is 0 Å². The van der Waals surface area contributed by atoms with Gasteiger partial charge in [-0.2, -0.15) is 0 Å². The molecule has 2 N–H and O–H groups in total. The Morgan fingerprint density at radius 3 is 2.43 bits per heavy atom. The molecule has 0 fully saturated rings. The molecule has 7 nitrogen and oxygen atoms in total. The highest BCUT2D eigenvalue weighted by Gasteiger charge is 2.12. The van der Waals surface area contributed by atoms with E-state index >= 15 is 0 Å². The number of ether oxygens (including phenoxy) is 2. The van der Waals surface area contributed by atoms with Crippen molar-refractivity contribution >= 4 is 23.1 Å². The number of methoxy groups -OCH3 is 2. The number of anilines is 3. The number of carbonyl (C=O) groups excluding carboxylic acids is 1. The fourth-order valence-electron chi connectivity index (χ4n) is 2.64. The number of aryl methyl sites for hydroxylation is 1. The van der Waals surface area contributed by atoms with E-state index in [1.807, 2.05) is 32.0 Å². The third kappa shape index (κ3) is 4.20. The summed E-state index contributed by atoms with van der Waals surface area (Å²) in [4.78, 5) is 12.5. The number of hydrogen-bond acceptors (Lipinski definition) is 6. The fraction of sp³-hybridized carbons (Fsp3) is 0.190. The molecule has 28 heavy (non-hydrogen) atoms. The van der Waals surface area contributed by atoms with Gasteiger partial charge in [0.25, 0.3) is 5.91 Å². The fourth-order valence-corrected chi connectivity index (χ4v) is 2.64. The molecule has 3 aromatic rings. The quantitative estimate of drug-likeness (QED) is 0.671. The third-order valence-electron chi connectivity index (χ3n) is 4.42. The summed E-state index contributed by atoms with van der Waals surface area (Å²) in [5, 5.41) is 14.1. The number of carbonyl (C=O) groups is 1. The van der Waals surface area contributed by atoms with Gasteiger partial charge in [-0.15, -0.1) is 10.2 Å². The number of amides is 1. The Morgan fingerprint density at radius 2 is 1.75 bits per heavy atom.